The highest BCUT2D eigenvalue weighted by Crippen LogP contribution is 2.39. The van der Waals surface area contributed by atoms with E-state index in [0.29, 0.717) is 25.0 Å². The smallest absolute Gasteiger partial charge is 0.305 e. The molecule has 1 unspecified atom stereocenters. The van der Waals surface area contributed by atoms with E-state index in [0.717, 1.165) is 47.9 Å². The van der Waals surface area contributed by atoms with Gasteiger partial charge in [0.2, 0.25) is 0 Å². The Morgan fingerprint density at radius 2 is 1.72 bits per heavy atom. The second-order valence-corrected chi connectivity index (χ2v) is 10.1. The normalized spacial score (nSPS) is 23.3. The number of esters is 1. The fourth-order valence-electron chi connectivity index (χ4n) is 4.30. The number of ether oxygens (including phenoxy) is 1. The van der Waals surface area contributed by atoms with Gasteiger partial charge in [-0.05, 0) is 72.0 Å². The van der Waals surface area contributed by atoms with E-state index in [1.807, 2.05) is 38.1 Å². The Morgan fingerprint density at radius 1 is 1.09 bits per heavy atom. The molecule has 1 aliphatic rings. The van der Waals surface area contributed by atoms with Crippen LogP contribution in [0.15, 0.2) is 33.6 Å². The fourth-order valence-corrected chi connectivity index (χ4v) is 5.85. The molecular formula is C25H41BrO5S. The first-order chi connectivity index (χ1) is 15.4. The van der Waals surface area contributed by atoms with Gasteiger partial charge in [-0.2, -0.15) is 0 Å². The Kier molecular flexibility index (Phi) is 15.6. The summed E-state index contributed by atoms with van der Waals surface area (Å²) in [5, 5.41) is 31.2. The van der Waals surface area contributed by atoms with Crippen LogP contribution >= 0.6 is 27.7 Å². The average molecular weight is 534 g/mol. The minimum atomic E-state index is -0.493. The number of carbonyl (C=O) groups excluding carboxylic acids is 1. The topological polar surface area (TPSA) is 87.0 Å². The largest absolute Gasteiger partial charge is 0.469 e. The molecular weight excluding hydrogens is 492 g/mol. The molecule has 0 bridgehead atoms. The van der Waals surface area contributed by atoms with Crippen LogP contribution in [0.1, 0.15) is 71.6 Å². The molecule has 0 aliphatic heterocycles. The van der Waals surface area contributed by atoms with Crippen molar-refractivity contribution in [3.63, 3.8) is 0 Å². The molecule has 2 rings (SSSR count). The van der Waals surface area contributed by atoms with E-state index in [-0.39, 0.29) is 17.8 Å². The molecule has 0 radical (unpaired) electrons. The van der Waals surface area contributed by atoms with E-state index < -0.39 is 18.3 Å². The summed E-state index contributed by atoms with van der Waals surface area (Å²) in [5.74, 6) is 0.571. The van der Waals surface area contributed by atoms with E-state index in [2.05, 4.69) is 20.7 Å². The lowest BCUT2D eigenvalue weighted by atomic mass is 9.85. The van der Waals surface area contributed by atoms with Crippen molar-refractivity contribution in [2.45, 2.75) is 94.8 Å². The number of unbranched alkanes of at least 4 members (excludes halogenated alkanes) is 3. The first-order valence-electron chi connectivity index (χ1n) is 11.9. The number of aliphatic hydroxyl groups excluding tert-OH is 3. The average Bonchev–Trinajstić information content (AvgIpc) is 3.07. The maximum Gasteiger partial charge on any atom is 0.305 e. The van der Waals surface area contributed by atoms with Crippen LogP contribution in [0.5, 0.6) is 0 Å². The third kappa shape index (κ3) is 10.6. The number of benzene rings is 1. The Morgan fingerprint density at radius 3 is 2.38 bits per heavy atom. The zero-order valence-corrected chi connectivity index (χ0v) is 22.1. The molecule has 7 heteroatoms. The number of thioether (sulfide) groups is 1. The Labute approximate surface area is 206 Å². The van der Waals surface area contributed by atoms with Gasteiger partial charge in [0.15, 0.2) is 0 Å². The Balaban J connectivity index is 0.00000249. The lowest BCUT2D eigenvalue weighted by molar-refractivity contribution is -0.140. The van der Waals surface area contributed by atoms with Crippen molar-refractivity contribution < 1.29 is 24.9 Å². The van der Waals surface area contributed by atoms with Gasteiger partial charge in [-0.1, -0.05) is 45.2 Å². The molecule has 32 heavy (non-hydrogen) atoms. The zero-order chi connectivity index (χ0) is 23.9. The SMILES string of the molecule is CC.COC(=O)CCCCCC[C@@H]1[C@@H](CCC(O)CSc2ccccc2Br)[C@H](O)C[C@@H]1O. The molecule has 0 heterocycles. The molecule has 1 aliphatic carbocycles. The Bertz CT molecular complexity index is 645. The predicted octanol–water partition coefficient (Wildman–Crippen LogP) is 5.58. The number of hydrogen-bond acceptors (Lipinski definition) is 6. The van der Waals surface area contributed by atoms with E-state index in [9.17, 15) is 20.1 Å². The molecule has 5 atom stereocenters. The van der Waals surface area contributed by atoms with Crippen molar-refractivity contribution in [2.75, 3.05) is 12.9 Å². The lowest BCUT2D eigenvalue weighted by Gasteiger charge is -2.24. The first-order valence-corrected chi connectivity index (χ1v) is 13.7. The van der Waals surface area contributed by atoms with Gasteiger partial charge in [0.05, 0.1) is 25.4 Å². The highest BCUT2D eigenvalue weighted by molar-refractivity contribution is 9.10. The van der Waals surface area contributed by atoms with Gasteiger partial charge in [0.1, 0.15) is 0 Å². The van der Waals surface area contributed by atoms with Crippen LogP contribution in [0.2, 0.25) is 0 Å². The molecule has 184 valence electrons. The second-order valence-electron chi connectivity index (χ2n) is 8.20. The standard InChI is InChI=1S/C23H35BrO5S.C2H6/c1-29-23(28)11-5-3-2-4-8-17-18(21(27)14-20(17)26)13-12-16(25)15-30-22-10-7-6-9-19(22)24;1-2/h6-7,9-10,16-18,20-21,25-27H,2-5,8,11-15H2,1H3;1-2H3/t16?,17-,18-,20+,21-;/m1./s1. The van der Waals surface area contributed by atoms with Crippen LogP contribution in [-0.2, 0) is 9.53 Å². The number of halogens is 1. The number of aliphatic hydroxyl groups is 3. The van der Waals surface area contributed by atoms with Gasteiger partial charge in [-0.3, -0.25) is 4.79 Å². The van der Waals surface area contributed by atoms with Gasteiger partial charge in [0, 0.05) is 21.5 Å². The predicted molar refractivity (Wildman–Crippen MR) is 135 cm³/mol. The number of hydrogen-bond donors (Lipinski definition) is 3. The molecule has 0 aromatic heterocycles. The van der Waals surface area contributed by atoms with Gasteiger partial charge in [-0.15, -0.1) is 11.8 Å². The molecule has 0 saturated heterocycles. The maximum atomic E-state index is 11.1. The second kappa shape index (κ2) is 16.9. The molecule has 1 aromatic carbocycles. The summed E-state index contributed by atoms with van der Waals surface area (Å²) in [6.07, 6.45) is 5.50. The maximum absolute atomic E-state index is 11.1. The van der Waals surface area contributed by atoms with Crippen molar-refractivity contribution in [1.82, 2.24) is 0 Å². The summed E-state index contributed by atoms with van der Waals surface area (Å²) in [6, 6.07) is 7.97. The van der Waals surface area contributed by atoms with Crippen LogP contribution in [0.25, 0.3) is 0 Å². The van der Waals surface area contributed by atoms with Gasteiger partial charge in [-0.25, -0.2) is 0 Å². The van der Waals surface area contributed by atoms with E-state index in [1.165, 1.54) is 7.11 Å². The van der Waals surface area contributed by atoms with Crippen LogP contribution in [0.4, 0.5) is 0 Å². The highest BCUT2D eigenvalue weighted by atomic mass is 79.9. The third-order valence-electron chi connectivity index (χ3n) is 6.02. The monoisotopic (exact) mass is 532 g/mol. The zero-order valence-electron chi connectivity index (χ0n) is 19.7. The number of rotatable bonds is 13. The van der Waals surface area contributed by atoms with Crippen LogP contribution in [-0.4, -0.2) is 52.5 Å². The molecule has 1 aromatic rings. The van der Waals surface area contributed by atoms with E-state index >= 15 is 0 Å². The van der Waals surface area contributed by atoms with Crippen LogP contribution in [0, 0.1) is 11.8 Å². The molecule has 1 saturated carbocycles. The third-order valence-corrected chi connectivity index (χ3v) is 8.19. The summed E-state index contributed by atoms with van der Waals surface area (Å²) in [7, 11) is 1.41. The molecule has 3 N–H and O–H groups in total. The van der Waals surface area contributed by atoms with Crippen molar-refractivity contribution in [1.29, 1.82) is 0 Å². The molecule has 0 spiro atoms. The van der Waals surface area contributed by atoms with Crippen molar-refractivity contribution in [3.05, 3.63) is 28.7 Å². The number of carbonyl (C=O) groups is 1. The lowest BCUT2D eigenvalue weighted by Crippen LogP contribution is -2.24. The van der Waals surface area contributed by atoms with E-state index in [4.69, 9.17) is 0 Å². The molecule has 1 fully saturated rings. The first kappa shape index (κ1) is 29.4. The fraction of sp³-hybridized carbons (Fsp3) is 0.720. The van der Waals surface area contributed by atoms with Gasteiger partial charge < -0.3 is 20.1 Å². The molecule has 0 amide bonds. The summed E-state index contributed by atoms with van der Waals surface area (Å²) in [5.41, 5.74) is 0. The van der Waals surface area contributed by atoms with Crippen molar-refractivity contribution in [2.24, 2.45) is 11.8 Å². The van der Waals surface area contributed by atoms with Crippen LogP contribution < -0.4 is 0 Å². The minimum Gasteiger partial charge on any atom is -0.469 e. The Hall–Kier alpha value is -0.600. The van der Waals surface area contributed by atoms with Crippen LogP contribution in [0.3, 0.4) is 0 Å². The molecule has 5 nitrogen and oxygen atoms in total. The summed E-state index contributed by atoms with van der Waals surface area (Å²) in [4.78, 5) is 12.2. The summed E-state index contributed by atoms with van der Waals surface area (Å²) in [6.45, 7) is 4.00. The minimum absolute atomic E-state index is 0.0400. The van der Waals surface area contributed by atoms with Gasteiger partial charge >= 0.3 is 5.97 Å². The summed E-state index contributed by atoms with van der Waals surface area (Å²) < 4.78 is 5.68. The summed E-state index contributed by atoms with van der Waals surface area (Å²) >= 11 is 5.15. The number of methoxy groups -OCH3 is 1. The van der Waals surface area contributed by atoms with Crippen molar-refractivity contribution in [3.8, 4) is 0 Å². The van der Waals surface area contributed by atoms with E-state index in [1.54, 1.807) is 11.8 Å². The van der Waals surface area contributed by atoms with Crippen molar-refractivity contribution >= 4 is 33.7 Å². The highest BCUT2D eigenvalue weighted by Gasteiger charge is 2.40. The van der Waals surface area contributed by atoms with Gasteiger partial charge in [0.25, 0.3) is 0 Å². The quantitative estimate of drug-likeness (QED) is 0.174.